The summed E-state index contributed by atoms with van der Waals surface area (Å²) >= 11 is 0. The van der Waals surface area contributed by atoms with Crippen LogP contribution in [0.25, 0.3) is 4.25 Å². The van der Waals surface area contributed by atoms with E-state index in [2.05, 4.69) is 21.4 Å². The molecule has 0 aliphatic carbocycles. The number of hydrogen-bond acceptors (Lipinski definition) is 7. The molecule has 2 N–H and O–H groups in total. The van der Waals surface area contributed by atoms with Crippen molar-refractivity contribution in [1.29, 1.82) is 5.26 Å². The lowest BCUT2D eigenvalue weighted by molar-refractivity contribution is -0.00320. The quantitative estimate of drug-likeness (QED) is 0.568. The van der Waals surface area contributed by atoms with Crippen molar-refractivity contribution in [2.75, 3.05) is 25.1 Å². The second-order valence-corrected chi connectivity index (χ2v) is 8.90. The lowest BCUT2D eigenvalue weighted by Gasteiger charge is -2.20. The van der Waals surface area contributed by atoms with Gasteiger partial charge in [0, 0.05) is 25.4 Å². The first-order chi connectivity index (χ1) is 16.2. The molecule has 1 aromatic carbocycles. The van der Waals surface area contributed by atoms with Gasteiger partial charge in [-0.3, -0.25) is 4.79 Å². The number of amides is 1. The van der Waals surface area contributed by atoms with Gasteiger partial charge < -0.3 is 24.5 Å². The number of ether oxygens (including phenoxy) is 2. The molecule has 12 heteroatoms. The molecular weight excluding hydrogens is 467 g/mol. The number of carbonyl (C=O) groups excluding carboxylic acids is 1. The Morgan fingerprint density at radius 1 is 1.50 bits per heavy atom. The van der Waals surface area contributed by atoms with Crippen molar-refractivity contribution in [3.8, 4) is 30.2 Å². The van der Waals surface area contributed by atoms with Gasteiger partial charge in [0.1, 0.15) is 18.0 Å². The van der Waals surface area contributed by atoms with Crippen LogP contribution in [0.15, 0.2) is 29.3 Å². The van der Waals surface area contributed by atoms with E-state index in [9.17, 15) is 22.7 Å². The Labute approximate surface area is 195 Å². The van der Waals surface area contributed by atoms with Crippen molar-refractivity contribution in [2.24, 2.45) is 13.0 Å². The maximum atomic E-state index is 13.6. The van der Waals surface area contributed by atoms with Gasteiger partial charge in [0.15, 0.2) is 11.4 Å². The third-order valence-corrected chi connectivity index (χ3v) is 5.93. The lowest BCUT2D eigenvalue weighted by atomic mass is 10.1. The Balaban J connectivity index is 1.84. The number of nitrogens with one attached hydrogen (secondary N) is 1. The minimum absolute atomic E-state index is 0.0271. The van der Waals surface area contributed by atoms with Crippen molar-refractivity contribution in [2.45, 2.75) is 17.4 Å². The molecule has 1 atom stereocenters. The van der Waals surface area contributed by atoms with Crippen LogP contribution in [0.5, 0.6) is 5.75 Å². The average molecular weight is 487 g/mol. The maximum absolute atomic E-state index is 13.6. The molecule has 0 bridgehead atoms. The molecule has 1 aromatic heterocycles. The first-order valence-electron chi connectivity index (χ1n) is 9.93. The monoisotopic (exact) mass is 487 g/mol. The van der Waals surface area contributed by atoms with Gasteiger partial charge in [0.2, 0.25) is 4.90 Å². The van der Waals surface area contributed by atoms with E-state index in [0.717, 1.165) is 18.3 Å². The van der Waals surface area contributed by atoms with E-state index in [1.807, 2.05) is 0 Å². The van der Waals surface area contributed by atoms with Gasteiger partial charge in [-0.05, 0) is 18.2 Å². The fourth-order valence-corrected chi connectivity index (χ4v) is 3.77. The second-order valence-electron chi connectivity index (χ2n) is 7.30. The van der Waals surface area contributed by atoms with E-state index in [1.165, 1.54) is 17.7 Å². The molecule has 34 heavy (non-hydrogen) atoms. The number of nitrogens with zero attached hydrogens (tertiary/aromatic N) is 3. The van der Waals surface area contributed by atoms with Crippen LogP contribution in [0.1, 0.15) is 22.5 Å². The molecule has 0 spiro atoms. The Morgan fingerprint density at radius 3 is 2.85 bits per heavy atom. The second kappa shape index (κ2) is 10.4. The Morgan fingerprint density at radius 2 is 2.24 bits per heavy atom. The number of anilines is 1. The highest BCUT2D eigenvalue weighted by Gasteiger charge is 2.35. The normalized spacial score (nSPS) is 14.0. The summed E-state index contributed by atoms with van der Waals surface area (Å²) in [6.45, 7) is 5.85. The predicted octanol–water partition coefficient (Wildman–Crippen LogP) is 1.72. The van der Waals surface area contributed by atoms with E-state index < -0.39 is 32.7 Å². The summed E-state index contributed by atoms with van der Waals surface area (Å²) in [4.78, 5) is 12.5. The summed E-state index contributed by atoms with van der Waals surface area (Å²) in [6.07, 6.45) is 0.0948. The number of aliphatic hydroxyl groups is 1. The smallest absolute Gasteiger partial charge is 0.489 e. The third-order valence-electron chi connectivity index (χ3n) is 4.81. The largest absolute Gasteiger partial charge is 0.515 e. The molecule has 1 aliphatic heterocycles. The SMILES string of the molecule is C#[N+]S(=O)(=O)c1cn(C)c(C(=O)Nc2ccc(F)c(C#N)c2)c1OCC[C@H](O)C#CC1COC1. The number of carbonyl (C=O) groups is 1. The van der Waals surface area contributed by atoms with Crippen molar-refractivity contribution in [1.82, 2.24) is 4.57 Å². The zero-order valence-corrected chi connectivity index (χ0v) is 18.8. The molecule has 1 amide bonds. The minimum Gasteiger partial charge on any atom is -0.489 e. The highest BCUT2D eigenvalue weighted by atomic mass is 32.2. The van der Waals surface area contributed by atoms with Gasteiger partial charge >= 0.3 is 10.0 Å². The number of halogens is 1. The zero-order valence-electron chi connectivity index (χ0n) is 18.0. The third kappa shape index (κ3) is 5.53. The van der Waals surface area contributed by atoms with Crippen LogP contribution >= 0.6 is 0 Å². The Hall–Kier alpha value is -3.89. The Bertz CT molecular complexity index is 1360. The number of aliphatic hydroxyl groups excluding tert-OH is 1. The molecule has 0 radical (unpaired) electrons. The molecule has 176 valence electrons. The van der Waals surface area contributed by atoms with Crippen LogP contribution in [0.3, 0.4) is 0 Å². The van der Waals surface area contributed by atoms with Gasteiger partial charge in [-0.15, -0.1) is 8.42 Å². The molecule has 3 rings (SSSR count). The molecule has 10 nitrogen and oxygen atoms in total. The first kappa shape index (κ1) is 24.7. The highest BCUT2D eigenvalue weighted by Crippen LogP contribution is 2.32. The predicted molar refractivity (Wildman–Crippen MR) is 118 cm³/mol. The van der Waals surface area contributed by atoms with E-state index in [1.54, 1.807) is 6.07 Å². The lowest BCUT2D eigenvalue weighted by Crippen LogP contribution is -2.26. The summed E-state index contributed by atoms with van der Waals surface area (Å²) in [5, 5.41) is 21.5. The average Bonchev–Trinajstić information content (AvgIpc) is 3.11. The minimum atomic E-state index is -4.34. The van der Waals surface area contributed by atoms with Gasteiger partial charge in [0.05, 0.1) is 35.6 Å². The number of sulfonamides is 1. The van der Waals surface area contributed by atoms with E-state index in [-0.39, 0.29) is 41.6 Å². The topological polar surface area (TPSA) is 135 Å². The van der Waals surface area contributed by atoms with Crippen LogP contribution in [-0.4, -0.2) is 49.9 Å². The van der Waals surface area contributed by atoms with Crippen LogP contribution < -0.4 is 10.1 Å². The van der Waals surface area contributed by atoms with Crippen molar-refractivity contribution in [3.63, 3.8) is 0 Å². The molecule has 1 saturated heterocycles. The van der Waals surface area contributed by atoms with Gasteiger partial charge in [-0.2, -0.15) is 5.26 Å². The van der Waals surface area contributed by atoms with Gasteiger partial charge in [-0.1, -0.05) is 11.8 Å². The maximum Gasteiger partial charge on any atom is 0.515 e. The fraction of sp³-hybridized carbons (Fsp3) is 0.318. The molecule has 2 aromatic rings. The summed E-state index contributed by atoms with van der Waals surface area (Å²) in [7, 11) is -2.93. The molecule has 0 saturated carbocycles. The van der Waals surface area contributed by atoms with Crippen LogP contribution in [0, 0.1) is 41.5 Å². The number of hydrogen-bond donors (Lipinski definition) is 2. The Kier molecular flexibility index (Phi) is 7.54. The number of nitriles is 1. The summed E-state index contributed by atoms with van der Waals surface area (Å²) in [5.41, 5.74) is -0.374. The van der Waals surface area contributed by atoms with E-state index in [4.69, 9.17) is 21.3 Å². The van der Waals surface area contributed by atoms with Gasteiger partial charge in [-0.25, -0.2) is 4.39 Å². The van der Waals surface area contributed by atoms with Crippen LogP contribution in [0.4, 0.5) is 10.1 Å². The number of rotatable bonds is 7. The fourth-order valence-electron chi connectivity index (χ4n) is 2.98. The molecular formula is C22H20FN4O6S+. The molecule has 1 aliphatic rings. The number of benzene rings is 1. The van der Waals surface area contributed by atoms with Crippen LogP contribution in [-0.2, 0) is 21.8 Å². The standard InChI is InChI=1S/C22H19FN4O6S/c1-25-34(30,31)19-11-27(2)20(22(29)26-16-4-6-18(23)15(9-16)10-24)21(19)33-8-7-17(28)5-3-14-12-32-13-14/h1,4,6,9,11,14,17,28H,7-8,12-13H2,2H3/p+1/t17-/m1/s1. The number of aryl methyl sites for hydroxylation is 1. The summed E-state index contributed by atoms with van der Waals surface area (Å²) in [6, 6.07) is 5.05. The molecule has 2 heterocycles. The van der Waals surface area contributed by atoms with Crippen molar-refractivity contribution < 1.29 is 32.2 Å². The van der Waals surface area contributed by atoms with Crippen molar-refractivity contribution in [3.05, 3.63) is 45.7 Å². The van der Waals surface area contributed by atoms with E-state index in [0.29, 0.717) is 13.2 Å². The molecule has 0 unspecified atom stereocenters. The van der Waals surface area contributed by atoms with Crippen LogP contribution in [0.2, 0.25) is 0 Å². The van der Waals surface area contributed by atoms with Crippen molar-refractivity contribution >= 4 is 21.6 Å². The molecule has 1 fully saturated rings. The van der Waals surface area contributed by atoms with Gasteiger partial charge in [0.25, 0.3) is 12.5 Å². The highest BCUT2D eigenvalue weighted by molar-refractivity contribution is 7.93. The number of aromatic nitrogens is 1. The summed E-state index contributed by atoms with van der Waals surface area (Å²) < 4.78 is 52.9. The zero-order chi connectivity index (χ0) is 24.9. The first-order valence-corrected chi connectivity index (χ1v) is 11.4. The van der Waals surface area contributed by atoms with E-state index >= 15 is 0 Å². The summed E-state index contributed by atoms with van der Waals surface area (Å²) in [5.74, 6) is 3.71.